The smallest absolute Gasteiger partial charge is 0.0503 e. The van der Waals surface area contributed by atoms with E-state index in [0.29, 0.717) is 5.92 Å². The highest BCUT2D eigenvalue weighted by atomic mass is 15.2. The Kier molecular flexibility index (Phi) is 8.22. The van der Waals surface area contributed by atoms with Gasteiger partial charge in [-0.1, -0.05) is 153 Å². The number of anilines is 4. The van der Waals surface area contributed by atoms with Crippen LogP contribution in [-0.4, -0.2) is 0 Å². The summed E-state index contributed by atoms with van der Waals surface area (Å²) in [4.78, 5) is 4.97. The van der Waals surface area contributed by atoms with Gasteiger partial charge in [-0.05, 0) is 143 Å². The molecule has 300 valence electrons. The van der Waals surface area contributed by atoms with Gasteiger partial charge in [-0.15, -0.1) is 0 Å². The SMILES string of the molecule is Cc1cc(C)cc(N(C2=CC=C3C(C2)c2ccccc2N3c2ccccc2)c2ccc(C3=CC=C4c5ccccc5C(c5ccccc5)(C5C=CC=CC5C)C5=C3[C@]45C)cc2)c1. The molecule has 0 saturated heterocycles. The summed E-state index contributed by atoms with van der Waals surface area (Å²) in [6.07, 6.45) is 19.9. The third-order valence-electron chi connectivity index (χ3n) is 14.8. The van der Waals surface area contributed by atoms with E-state index in [1.54, 1.807) is 5.57 Å². The average Bonchev–Trinajstić information content (AvgIpc) is 3.82. The summed E-state index contributed by atoms with van der Waals surface area (Å²) in [5, 5.41) is 0. The highest BCUT2D eigenvalue weighted by molar-refractivity contribution is 6.06. The predicted molar refractivity (Wildman–Crippen MR) is 259 cm³/mol. The summed E-state index contributed by atoms with van der Waals surface area (Å²) in [5.74, 6) is 0.911. The highest BCUT2D eigenvalue weighted by Gasteiger charge is 2.68. The van der Waals surface area contributed by atoms with Crippen molar-refractivity contribution in [3.8, 4) is 0 Å². The number of benzene rings is 6. The number of hydrogen-bond donors (Lipinski definition) is 0. The van der Waals surface area contributed by atoms with Gasteiger partial charge in [0.05, 0.1) is 5.41 Å². The zero-order chi connectivity index (χ0) is 41.7. The maximum absolute atomic E-state index is 2.51. The molecule has 2 heteroatoms. The Labute approximate surface area is 366 Å². The lowest BCUT2D eigenvalue weighted by Gasteiger charge is -2.48. The Bertz CT molecular complexity index is 3020. The molecule has 6 aliphatic rings. The largest absolute Gasteiger partial charge is 0.314 e. The van der Waals surface area contributed by atoms with E-state index in [0.717, 1.165) is 6.42 Å². The molecule has 0 saturated carbocycles. The minimum absolute atomic E-state index is 0.144. The summed E-state index contributed by atoms with van der Waals surface area (Å²) < 4.78 is 0. The van der Waals surface area contributed by atoms with Gasteiger partial charge in [-0.3, -0.25) is 0 Å². The molecule has 4 unspecified atom stereocenters. The second kappa shape index (κ2) is 13.8. The molecule has 0 spiro atoms. The molecule has 2 nitrogen and oxygen atoms in total. The number of hydrogen-bond acceptors (Lipinski definition) is 2. The maximum Gasteiger partial charge on any atom is 0.0503 e. The fourth-order valence-corrected chi connectivity index (χ4v) is 12.3. The number of fused-ring (bicyclic) bond motifs is 5. The van der Waals surface area contributed by atoms with Gasteiger partial charge in [0.2, 0.25) is 0 Å². The highest BCUT2D eigenvalue weighted by Crippen LogP contribution is 2.78. The molecule has 6 aromatic rings. The third-order valence-corrected chi connectivity index (χ3v) is 14.8. The lowest BCUT2D eigenvalue weighted by atomic mass is 9.53. The first-order chi connectivity index (χ1) is 30.4. The van der Waals surface area contributed by atoms with Crippen LogP contribution in [0.25, 0.3) is 11.1 Å². The van der Waals surface area contributed by atoms with Crippen LogP contribution < -0.4 is 9.80 Å². The van der Waals surface area contributed by atoms with E-state index in [2.05, 4.69) is 238 Å². The second-order valence-electron chi connectivity index (χ2n) is 18.4. The van der Waals surface area contributed by atoms with Gasteiger partial charge in [-0.25, -0.2) is 0 Å². The van der Waals surface area contributed by atoms with Crippen molar-refractivity contribution < 1.29 is 0 Å². The number of nitrogens with zero attached hydrogens (tertiary/aromatic N) is 2. The number of allylic oxidation sites excluding steroid dienone is 14. The molecule has 0 bridgehead atoms. The number of rotatable bonds is 7. The van der Waals surface area contributed by atoms with E-state index in [1.165, 1.54) is 89.8 Å². The Morgan fingerprint density at radius 2 is 1.34 bits per heavy atom. The van der Waals surface area contributed by atoms with Crippen LogP contribution in [0.4, 0.5) is 22.7 Å². The van der Waals surface area contributed by atoms with Crippen molar-refractivity contribution in [3.05, 3.63) is 262 Å². The molecule has 6 aromatic carbocycles. The van der Waals surface area contributed by atoms with Crippen molar-refractivity contribution in [1.82, 2.24) is 0 Å². The minimum Gasteiger partial charge on any atom is -0.314 e. The van der Waals surface area contributed by atoms with Gasteiger partial charge >= 0.3 is 0 Å². The van der Waals surface area contributed by atoms with Gasteiger partial charge in [0.1, 0.15) is 0 Å². The van der Waals surface area contributed by atoms with Gasteiger partial charge in [0, 0.05) is 57.8 Å². The first-order valence-electron chi connectivity index (χ1n) is 22.4. The molecule has 0 fully saturated rings. The van der Waals surface area contributed by atoms with E-state index in [4.69, 9.17) is 0 Å². The predicted octanol–water partition coefficient (Wildman–Crippen LogP) is 15.0. The monoisotopic (exact) mass is 798 g/mol. The van der Waals surface area contributed by atoms with Gasteiger partial charge < -0.3 is 9.80 Å². The molecule has 12 rings (SSSR count). The zero-order valence-corrected chi connectivity index (χ0v) is 35.9. The Hall–Kier alpha value is -6.90. The maximum atomic E-state index is 2.51. The second-order valence-corrected chi connectivity index (χ2v) is 18.4. The summed E-state index contributed by atoms with van der Waals surface area (Å²) in [6.45, 7) is 9.34. The molecule has 1 aliphatic heterocycles. The Morgan fingerprint density at radius 3 is 2.11 bits per heavy atom. The Balaban J connectivity index is 0.981. The van der Waals surface area contributed by atoms with Crippen LogP contribution in [0.3, 0.4) is 0 Å². The molecule has 62 heavy (non-hydrogen) atoms. The zero-order valence-electron chi connectivity index (χ0n) is 35.9. The van der Waals surface area contributed by atoms with Gasteiger partial charge in [-0.2, -0.15) is 0 Å². The van der Waals surface area contributed by atoms with Crippen LogP contribution in [0.1, 0.15) is 65.1 Å². The molecule has 5 atom stereocenters. The standard InChI is InChI=1S/C60H50N2/c1-39-35-40(2)37-47(36-39)61(46-31-34-56-51(38-46)49-22-13-16-26-55(49)62(56)44-20-9-6-10-21-44)45-29-27-42(28-30-45)48-32-33-53-50-23-12-15-25-54(50)60(43-18-7-5-8-19-43,58-57(48)59(53,58)4)52-24-14-11-17-41(52)3/h5-37,41,51-52H,38H2,1-4H3/t41?,51?,52?,59-,60?/m0/s1. The molecular formula is C60H50N2. The number of aryl methyl sites for hydroxylation is 2. The molecule has 0 amide bonds. The molecule has 0 aromatic heterocycles. The lowest BCUT2D eigenvalue weighted by molar-refractivity contribution is 0.351. The summed E-state index contributed by atoms with van der Waals surface area (Å²) in [6, 6.07) is 56.9. The first kappa shape index (κ1) is 36.9. The Morgan fingerprint density at radius 1 is 0.645 bits per heavy atom. The fraction of sp³-hybridized carbons (Fsp3) is 0.167. The van der Waals surface area contributed by atoms with Crippen LogP contribution in [0.15, 0.2) is 223 Å². The average molecular weight is 799 g/mol. The lowest BCUT2D eigenvalue weighted by Crippen LogP contribution is -2.43. The van der Waals surface area contributed by atoms with E-state index in [9.17, 15) is 0 Å². The van der Waals surface area contributed by atoms with Crippen LogP contribution in [0, 0.1) is 31.1 Å². The van der Waals surface area contributed by atoms with E-state index < -0.39 is 0 Å². The van der Waals surface area contributed by atoms with Gasteiger partial charge in [0.25, 0.3) is 0 Å². The van der Waals surface area contributed by atoms with E-state index >= 15 is 0 Å². The summed E-state index contributed by atoms with van der Waals surface area (Å²) in [5.41, 5.74) is 22.3. The third kappa shape index (κ3) is 5.22. The van der Waals surface area contributed by atoms with Gasteiger partial charge in [0.15, 0.2) is 0 Å². The van der Waals surface area contributed by atoms with E-state index in [-0.39, 0.29) is 22.7 Å². The van der Waals surface area contributed by atoms with Crippen LogP contribution in [-0.2, 0) is 5.41 Å². The van der Waals surface area contributed by atoms with Crippen LogP contribution >= 0.6 is 0 Å². The molecular weight excluding hydrogens is 749 g/mol. The molecule has 0 N–H and O–H groups in total. The van der Waals surface area contributed by atoms with Crippen molar-refractivity contribution in [2.75, 3.05) is 9.80 Å². The van der Waals surface area contributed by atoms with Crippen molar-refractivity contribution in [2.24, 2.45) is 17.3 Å². The quantitative estimate of drug-likeness (QED) is 0.159. The van der Waals surface area contributed by atoms with E-state index in [1.807, 2.05) is 0 Å². The van der Waals surface area contributed by atoms with Crippen molar-refractivity contribution in [3.63, 3.8) is 0 Å². The van der Waals surface area contributed by atoms with Crippen molar-refractivity contribution in [2.45, 2.75) is 45.4 Å². The van der Waals surface area contributed by atoms with Crippen LogP contribution in [0.2, 0.25) is 0 Å². The normalized spacial score (nSPS) is 24.8. The minimum atomic E-state index is -0.294. The molecule has 0 radical (unpaired) electrons. The molecule has 5 aliphatic carbocycles. The summed E-state index contributed by atoms with van der Waals surface area (Å²) in [7, 11) is 0. The summed E-state index contributed by atoms with van der Waals surface area (Å²) >= 11 is 0. The van der Waals surface area contributed by atoms with Crippen molar-refractivity contribution >= 4 is 33.9 Å². The molecule has 1 heterocycles. The van der Waals surface area contributed by atoms with Crippen molar-refractivity contribution in [1.29, 1.82) is 0 Å². The first-order valence-corrected chi connectivity index (χ1v) is 22.4. The topological polar surface area (TPSA) is 6.48 Å². The fourth-order valence-electron chi connectivity index (χ4n) is 12.3. The van der Waals surface area contributed by atoms with Crippen LogP contribution in [0.5, 0.6) is 0 Å². The number of para-hydroxylation sites is 2.